The molecule has 6 nitrogen and oxygen atoms in total. The van der Waals surface area contributed by atoms with Crippen LogP contribution in [-0.4, -0.2) is 24.2 Å². The van der Waals surface area contributed by atoms with E-state index in [4.69, 9.17) is 9.47 Å². The maximum atomic E-state index is 10.1. The summed E-state index contributed by atoms with van der Waals surface area (Å²) in [5, 5.41) is 19.9. The lowest BCUT2D eigenvalue weighted by molar-refractivity contribution is -0.400. The van der Waals surface area contributed by atoms with Crippen molar-refractivity contribution in [2.24, 2.45) is 0 Å². The highest BCUT2D eigenvalue weighted by Crippen LogP contribution is 2.39. The van der Waals surface area contributed by atoms with Gasteiger partial charge >= 0.3 is 0 Å². The van der Waals surface area contributed by atoms with Crippen LogP contribution in [0.3, 0.4) is 0 Å². The maximum Gasteiger partial charge on any atom is 0.235 e. The Labute approximate surface area is 91.9 Å². The predicted molar refractivity (Wildman–Crippen MR) is 57.2 cm³/mol. The summed E-state index contributed by atoms with van der Waals surface area (Å²) in [5.41, 5.74) is 0.286. The molecule has 1 aromatic carbocycles. The molecule has 1 aromatic rings. The van der Waals surface area contributed by atoms with Gasteiger partial charge in [-0.3, -0.25) is 10.1 Å². The zero-order chi connectivity index (χ0) is 12.1. The summed E-state index contributed by atoms with van der Waals surface area (Å²) in [6.07, 6.45) is 1.91. The first-order chi connectivity index (χ1) is 7.60. The molecule has 0 amide bonds. The average molecular weight is 225 g/mol. The SMILES string of the molecule is COc1ccc(C=C[N+](=O)[O-])c(O)c1OC. The van der Waals surface area contributed by atoms with E-state index >= 15 is 0 Å². The second-order valence-corrected chi connectivity index (χ2v) is 2.84. The molecule has 0 aliphatic carbocycles. The van der Waals surface area contributed by atoms with E-state index in [1.165, 1.54) is 26.4 Å². The summed E-state index contributed by atoms with van der Waals surface area (Å²) in [5.74, 6) is 0.311. The van der Waals surface area contributed by atoms with Crippen molar-refractivity contribution in [3.63, 3.8) is 0 Å². The lowest BCUT2D eigenvalue weighted by Gasteiger charge is -2.10. The number of benzene rings is 1. The van der Waals surface area contributed by atoms with Crippen LogP contribution >= 0.6 is 0 Å². The van der Waals surface area contributed by atoms with Crippen LogP contribution in [0.2, 0.25) is 0 Å². The molecule has 0 radical (unpaired) electrons. The molecule has 1 rings (SSSR count). The molecule has 0 atom stereocenters. The van der Waals surface area contributed by atoms with Gasteiger partial charge in [0.15, 0.2) is 11.5 Å². The van der Waals surface area contributed by atoms with Crippen LogP contribution < -0.4 is 9.47 Å². The van der Waals surface area contributed by atoms with Gasteiger partial charge in [0.05, 0.1) is 19.1 Å². The summed E-state index contributed by atoms with van der Waals surface area (Å²) in [7, 11) is 2.81. The van der Waals surface area contributed by atoms with Crippen molar-refractivity contribution in [1.82, 2.24) is 0 Å². The Morgan fingerprint density at radius 2 is 2.06 bits per heavy atom. The van der Waals surface area contributed by atoms with Gasteiger partial charge in [-0.2, -0.15) is 0 Å². The molecular weight excluding hydrogens is 214 g/mol. The minimum Gasteiger partial charge on any atom is -0.504 e. The standard InChI is InChI=1S/C10H11NO5/c1-15-8-4-3-7(5-6-11(13)14)9(12)10(8)16-2/h3-6,12H,1-2H3. The normalized spacial score (nSPS) is 10.4. The van der Waals surface area contributed by atoms with Crippen LogP contribution in [-0.2, 0) is 0 Å². The Morgan fingerprint density at radius 1 is 1.38 bits per heavy atom. The van der Waals surface area contributed by atoms with Crippen LogP contribution in [0.4, 0.5) is 0 Å². The number of phenols is 1. The topological polar surface area (TPSA) is 81.8 Å². The fourth-order valence-corrected chi connectivity index (χ4v) is 1.20. The fraction of sp³-hybridized carbons (Fsp3) is 0.200. The Bertz CT molecular complexity index is 427. The molecule has 0 aliphatic heterocycles. The lowest BCUT2D eigenvalue weighted by atomic mass is 10.1. The first-order valence-corrected chi connectivity index (χ1v) is 4.35. The van der Waals surface area contributed by atoms with Gasteiger partial charge in [0.2, 0.25) is 11.9 Å². The summed E-state index contributed by atoms with van der Waals surface area (Å²) in [6, 6.07) is 3.05. The molecule has 0 fully saturated rings. The van der Waals surface area contributed by atoms with Gasteiger partial charge in [-0.15, -0.1) is 0 Å². The Morgan fingerprint density at radius 3 is 2.56 bits per heavy atom. The van der Waals surface area contributed by atoms with Crippen LogP contribution in [0.25, 0.3) is 6.08 Å². The Balaban J connectivity index is 3.18. The number of aromatic hydroxyl groups is 1. The Kier molecular flexibility index (Phi) is 3.71. The van der Waals surface area contributed by atoms with Gasteiger partial charge in [-0.05, 0) is 12.1 Å². The fourth-order valence-electron chi connectivity index (χ4n) is 1.20. The highest BCUT2D eigenvalue weighted by molar-refractivity contribution is 5.65. The van der Waals surface area contributed by atoms with Gasteiger partial charge in [-0.25, -0.2) is 0 Å². The number of methoxy groups -OCH3 is 2. The average Bonchev–Trinajstić information content (AvgIpc) is 2.26. The van der Waals surface area contributed by atoms with Crippen LogP contribution in [0.15, 0.2) is 18.3 Å². The number of rotatable bonds is 4. The van der Waals surface area contributed by atoms with E-state index in [-0.39, 0.29) is 17.1 Å². The largest absolute Gasteiger partial charge is 0.504 e. The molecular formula is C10H11NO5. The van der Waals surface area contributed by atoms with Crippen LogP contribution in [0.1, 0.15) is 5.56 Å². The third-order valence-corrected chi connectivity index (χ3v) is 1.93. The van der Waals surface area contributed by atoms with Crippen LogP contribution in [0.5, 0.6) is 17.2 Å². The minimum absolute atomic E-state index is 0.146. The number of hydrogen-bond donors (Lipinski definition) is 1. The third-order valence-electron chi connectivity index (χ3n) is 1.93. The summed E-state index contributed by atoms with van der Waals surface area (Å²) >= 11 is 0. The summed E-state index contributed by atoms with van der Waals surface area (Å²) in [4.78, 5) is 9.53. The van der Waals surface area contributed by atoms with E-state index in [2.05, 4.69) is 0 Å². The smallest absolute Gasteiger partial charge is 0.235 e. The highest BCUT2D eigenvalue weighted by atomic mass is 16.6. The summed E-state index contributed by atoms with van der Waals surface area (Å²) in [6.45, 7) is 0. The molecule has 0 saturated carbocycles. The molecule has 16 heavy (non-hydrogen) atoms. The van der Waals surface area contributed by atoms with E-state index in [1.807, 2.05) is 0 Å². The molecule has 0 unspecified atom stereocenters. The van der Waals surface area contributed by atoms with Gasteiger partial charge in [0, 0.05) is 11.6 Å². The van der Waals surface area contributed by atoms with Crippen molar-refractivity contribution in [1.29, 1.82) is 0 Å². The first kappa shape index (κ1) is 11.8. The summed E-state index contributed by atoms with van der Waals surface area (Å²) < 4.78 is 9.89. The molecule has 6 heteroatoms. The number of nitro groups is 1. The number of ether oxygens (including phenoxy) is 2. The molecule has 86 valence electrons. The second-order valence-electron chi connectivity index (χ2n) is 2.84. The zero-order valence-electron chi connectivity index (χ0n) is 8.84. The van der Waals surface area contributed by atoms with Gasteiger partial charge in [-0.1, -0.05) is 0 Å². The number of phenolic OH excluding ortho intramolecular Hbond substituents is 1. The van der Waals surface area contributed by atoms with Crippen molar-refractivity contribution in [2.75, 3.05) is 14.2 Å². The van der Waals surface area contributed by atoms with Crippen molar-refractivity contribution < 1.29 is 19.5 Å². The molecule has 0 spiro atoms. The van der Waals surface area contributed by atoms with Crippen molar-refractivity contribution in [3.8, 4) is 17.2 Å². The molecule has 0 saturated heterocycles. The maximum absolute atomic E-state index is 10.1. The first-order valence-electron chi connectivity index (χ1n) is 4.35. The number of hydrogen-bond acceptors (Lipinski definition) is 5. The highest BCUT2D eigenvalue weighted by Gasteiger charge is 2.12. The minimum atomic E-state index is -0.615. The molecule has 0 aliphatic rings. The monoisotopic (exact) mass is 225 g/mol. The van der Waals surface area contributed by atoms with Crippen molar-refractivity contribution in [3.05, 3.63) is 34.0 Å². The van der Waals surface area contributed by atoms with Crippen LogP contribution in [0, 0.1) is 10.1 Å². The molecule has 0 heterocycles. The van der Waals surface area contributed by atoms with Gasteiger partial charge in [0.1, 0.15) is 0 Å². The Hall–Kier alpha value is -2.24. The zero-order valence-corrected chi connectivity index (χ0v) is 8.84. The van der Waals surface area contributed by atoms with E-state index in [9.17, 15) is 15.2 Å². The van der Waals surface area contributed by atoms with E-state index < -0.39 is 4.92 Å². The second kappa shape index (κ2) is 5.01. The van der Waals surface area contributed by atoms with Gasteiger partial charge < -0.3 is 14.6 Å². The number of nitrogens with zero attached hydrogens (tertiary/aromatic N) is 1. The van der Waals surface area contributed by atoms with Crippen molar-refractivity contribution >= 4 is 6.08 Å². The predicted octanol–water partition coefficient (Wildman–Crippen LogP) is 1.66. The van der Waals surface area contributed by atoms with Crippen molar-refractivity contribution in [2.45, 2.75) is 0 Å². The van der Waals surface area contributed by atoms with E-state index in [0.29, 0.717) is 5.75 Å². The van der Waals surface area contributed by atoms with E-state index in [0.717, 1.165) is 6.20 Å². The third kappa shape index (κ3) is 2.41. The molecule has 0 aromatic heterocycles. The molecule has 0 bridgehead atoms. The van der Waals surface area contributed by atoms with E-state index in [1.54, 1.807) is 6.07 Å². The quantitative estimate of drug-likeness (QED) is 0.622. The van der Waals surface area contributed by atoms with Gasteiger partial charge in [0.25, 0.3) is 0 Å². The lowest BCUT2D eigenvalue weighted by Crippen LogP contribution is -1.92. The molecule has 1 N–H and O–H groups in total.